The minimum atomic E-state index is 0.559. The van der Waals surface area contributed by atoms with E-state index in [4.69, 9.17) is 0 Å². The molecule has 0 heterocycles. The van der Waals surface area contributed by atoms with E-state index in [0.29, 0.717) is 21.7 Å². The lowest BCUT2D eigenvalue weighted by Gasteiger charge is -2.69. The maximum absolute atomic E-state index is 2.78. The molecule has 8 atom stereocenters. The van der Waals surface area contributed by atoms with Gasteiger partial charge in [-0.05, 0) is 129 Å². The van der Waals surface area contributed by atoms with Gasteiger partial charge in [-0.25, -0.2) is 0 Å². The summed E-state index contributed by atoms with van der Waals surface area (Å²) in [5, 5.41) is 0. The van der Waals surface area contributed by atoms with Crippen LogP contribution in [0.5, 0.6) is 0 Å². The molecule has 0 bridgehead atoms. The third kappa shape index (κ3) is 3.28. The summed E-state index contributed by atoms with van der Waals surface area (Å²) >= 11 is 0. The quantitative estimate of drug-likeness (QED) is 0.403. The second-order valence-electron chi connectivity index (χ2n) is 14.0. The van der Waals surface area contributed by atoms with E-state index in [1.807, 2.05) is 0 Å². The first kappa shape index (κ1) is 22.9. The van der Waals surface area contributed by atoms with Crippen LogP contribution in [0, 0.1) is 51.2 Å². The Morgan fingerprint density at radius 2 is 1.53 bits per heavy atom. The Bertz CT molecular complexity index is 666. The van der Waals surface area contributed by atoms with Crippen molar-refractivity contribution >= 4 is 0 Å². The highest BCUT2D eigenvalue weighted by Crippen LogP contribution is 2.75. The van der Waals surface area contributed by atoms with Gasteiger partial charge in [-0.2, -0.15) is 0 Å². The van der Waals surface area contributed by atoms with Crippen LogP contribution in [0.15, 0.2) is 11.6 Å². The van der Waals surface area contributed by atoms with Gasteiger partial charge in [-0.3, -0.25) is 0 Å². The molecule has 30 heavy (non-hydrogen) atoms. The molecule has 4 saturated carbocycles. The molecular weight excluding hydrogens is 360 g/mol. The number of allylic oxidation sites excluding steroid dienone is 2. The molecule has 0 heteroatoms. The van der Waals surface area contributed by atoms with Gasteiger partial charge in [0.15, 0.2) is 0 Å². The van der Waals surface area contributed by atoms with Crippen LogP contribution in [0.25, 0.3) is 0 Å². The minimum absolute atomic E-state index is 0.559. The molecule has 0 aromatic rings. The van der Waals surface area contributed by atoms with Crippen molar-refractivity contribution in [2.75, 3.05) is 0 Å². The summed E-state index contributed by atoms with van der Waals surface area (Å²) in [4.78, 5) is 0. The van der Waals surface area contributed by atoms with Gasteiger partial charge in [0.25, 0.3) is 0 Å². The Hall–Kier alpha value is -0.260. The average molecular weight is 413 g/mol. The van der Waals surface area contributed by atoms with Crippen molar-refractivity contribution < 1.29 is 0 Å². The normalized spacial score (nSPS) is 48.3. The van der Waals surface area contributed by atoms with Crippen molar-refractivity contribution in [3.8, 4) is 0 Å². The van der Waals surface area contributed by atoms with Gasteiger partial charge in [0.05, 0.1) is 0 Å². The lowest BCUT2D eigenvalue weighted by Crippen LogP contribution is -2.62. The molecule has 4 fully saturated rings. The van der Waals surface area contributed by atoms with Crippen molar-refractivity contribution in [1.29, 1.82) is 0 Å². The summed E-state index contributed by atoms with van der Waals surface area (Å²) in [6.45, 7) is 20.6. The molecular formula is C30H52. The van der Waals surface area contributed by atoms with Gasteiger partial charge < -0.3 is 0 Å². The van der Waals surface area contributed by atoms with Gasteiger partial charge in [-0.1, -0.05) is 59.6 Å². The Labute approximate surface area is 189 Å². The Morgan fingerprint density at radius 1 is 0.833 bits per heavy atom. The second-order valence-corrected chi connectivity index (χ2v) is 14.0. The molecule has 1 unspecified atom stereocenters. The molecule has 0 aromatic carbocycles. The Kier molecular flexibility index (Phi) is 5.85. The third-order valence-electron chi connectivity index (χ3n) is 12.1. The van der Waals surface area contributed by atoms with Crippen molar-refractivity contribution in [2.45, 2.75) is 126 Å². The van der Waals surface area contributed by atoms with Crippen molar-refractivity contribution in [3.05, 3.63) is 11.6 Å². The van der Waals surface area contributed by atoms with E-state index in [1.54, 1.807) is 0 Å². The Morgan fingerprint density at radius 3 is 2.23 bits per heavy atom. The van der Waals surface area contributed by atoms with Crippen LogP contribution in [0.4, 0.5) is 0 Å². The largest absolute Gasteiger partial charge is 0.0859 e. The topological polar surface area (TPSA) is 0 Å². The fraction of sp³-hybridized carbons (Fsp3) is 0.933. The highest BCUT2D eigenvalue weighted by atomic mass is 14.7. The SMILES string of the molecule is CC(C)=CCC[C@@H](C)[C@H]1CC[C@@]2(C)[C@@H]1CC[C@H]1[C@@]3(C)CCCC(C)(C)C3CC[C@]12C. The molecule has 0 radical (unpaired) electrons. The number of fused-ring (bicyclic) bond motifs is 5. The first-order valence-corrected chi connectivity index (χ1v) is 13.6. The average Bonchev–Trinajstić information content (AvgIpc) is 2.99. The monoisotopic (exact) mass is 412 g/mol. The molecule has 0 nitrogen and oxygen atoms in total. The van der Waals surface area contributed by atoms with Gasteiger partial charge in [0.1, 0.15) is 0 Å². The smallest absolute Gasteiger partial charge is 0.0235 e. The molecule has 172 valence electrons. The van der Waals surface area contributed by atoms with Crippen molar-refractivity contribution in [1.82, 2.24) is 0 Å². The first-order chi connectivity index (χ1) is 14.0. The molecule has 0 aliphatic heterocycles. The van der Waals surface area contributed by atoms with E-state index < -0.39 is 0 Å². The molecule has 4 aliphatic carbocycles. The van der Waals surface area contributed by atoms with Crippen molar-refractivity contribution in [2.24, 2.45) is 51.2 Å². The first-order valence-electron chi connectivity index (χ1n) is 13.6. The maximum Gasteiger partial charge on any atom is -0.0235 e. The third-order valence-corrected chi connectivity index (χ3v) is 12.1. The lowest BCUT2D eigenvalue weighted by atomic mass is 9.35. The van der Waals surface area contributed by atoms with E-state index >= 15 is 0 Å². The number of hydrogen-bond donors (Lipinski definition) is 0. The van der Waals surface area contributed by atoms with Crippen LogP contribution in [-0.2, 0) is 0 Å². The minimum Gasteiger partial charge on any atom is -0.0859 e. The summed E-state index contributed by atoms with van der Waals surface area (Å²) in [6.07, 6.45) is 18.7. The molecule has 0 amide bonds. The number of rotatable bonds is 4. The highest BCUT2D eigenvalue weighted by molar-refractivity contribution is 5.16. The summed E-state index contributed by atoms with van der Waals surface area (Å²) < 4.78 is 0. The van der Waals surface area contributed by atoms with Crippen LogP contribution in [0.1, 0.15) is 126 Å². The molecule has 4 rings (SSSR count). The van der Waals surface area contributed by atoms with Gasteiger partial charge in [0.2, 0.25) is 0 Å². The van der Waals surface area contributed by atoms with Crippen LogP contribution in [0.2, 0.25) is 0 Å². The van der Waals surface area contributed by atoms with E-state index in [9.17, 15) is 0 Å². The Balaban J connectivity index is 1.58. The van der Waals surface area contributed by atoms with Gasteiger partial charge in [-0.15, -0.1) is 0 Å². The maximum atomic E-state index is 2.78. The lowest BCUT2D eigenvalue weighted by molar-refractivity contribution is -0.203. The molecule has 0 spiro atoms. The molecule has 0 aromatic heterocycles. The summed E-state index contributed by atoms with van der Waals surface area (Å²) in [6, 6.07) is 0. The van der Waals surface area contributed by atoms with Crippen LogP contribution in [-0.4, -0.2) is 0 Å². The highest BCUT2D eigenvalue weighted by Gasteiger charge is 2.67. The summed E-state index contributed by atoms with van der Waals surface area (Å²) in [5.74, 6) is 4.78. The molecule has 0 saturated heterocycles. The zero-order valence-electron chi connectivity index (χ0n) is 21.7. The molecule has 0 N–H and O–H groups in total. The second kappa shape index (κ2) is 7.66. The summed E-state index contributed by atoms with van der Waals surface area (Å²) in [7, 11) is 0. The van der Waals surface area contributed by atoms with Crippen LogP contribution >= 0.6 is 0 Å². The standard InChI is InChI=1S/C30H52/c1-21(2)11-9-12-22(3)23-15-19-29(7)24(23)13-14-26-28(6)18-10-17-27(4,5)25(28)16-20-30(26,29)8/h11,22-26H,9-10,12-20H2,1-8H3/t22-,23-,24-,25?,26+,28+,29+,30-/m1/s1. The van der Waals surface area contributed by atoms with Crippen LogP contribution in [0.3, 0.4) is 0 Å². The van der Waals surface area contributed by atoms with E-state index in [-0.39, 0.29) is 0 Å². The van der Waals surface area contributed by atoms with Crippen LogP contribution < -0.4 is 0 Å². The van der Waals surface area contributed by atoms with Crippen molar-refractivity contribution in [3.63, 3.8) is 0 Å². The predicted octanol–water partition coefficient (Wildman–Crippen LogP) is 9.44. The van der Waals surface area contributed by atoms with E-state index in [2.05, 4.69) is 61.5 Å². The van der Waals surface area contributed by atoms with Gasteiger partial charge in [0, 0.05) is 0 Å². The van der Waals surface area contributed by atoms with Gasteiger partial charge >= 0.3 is 0 Å². The number of hydrogen-bond acceptors (Lipinski definition) is 0. The zero-order valence-corrected chi connectivity index (χ0v) is 21.7. The fourth-order valence-electron chi connectivity index (χ4n) is 10.4. The van der Waals surface area contributed by atoms with E-state index in [0.717, 1.165) is 29.6 Å². The molecule has 4 aliphatic rings. The summed E-state index contributed by atoms with van der Waals surface area (Å²) in [5.41, 5.74) is 3.80. The van der Waals surface area contributed by atoms with E-state index in [1.165, 1.54) is 76.2 Å². The fourth-order valence-corrected chi connectivity index (χ4v) is 10.4. The zero-order chi connectivity index (χ0) is 21.9. The predicted molar refractivity (Wildman–Crippen MR) is 131 cm³/mol.